The van der Waals surface area contributed by atoms with Crippen LogP contribution in [0.5, 0.6) is 0 Å². The number of nitrogens with zero attached hydrogens (tertiary/aromatic N) is 3. The van der Waals surface area contributed by atoms with Gasteiger partial charge in [-0.05, 0) is 30.2 Å². The second-order valence-corrected chi connectivity index (χ2v) is 7.04. The number of aromatic nitrogens is 1. The number of benzene rings is 2. The molecule has 0 atom stereocenters. The minimum absolute atomic E-state index is 0.999. The van der Waals surface area contributed by atoms with Crippen molar-refractivity contribution >= 4 is 27.2 Å². The van der Waals surface area contributed by atoms with E-state index in [2.05, 4.69) is 74.9 Å². The zero-order chi connectivity index (χ0) is 15.9. The van der Waals surface area contributed by atoms with Crippen molar-refractivity contribution in [1.29, 1.82) is 0 Å². The van der Waals surface area contributed by atoms with Crippen LogP contribution in [0.15, 0.2) is 30.3 Å². The van der Waals surface area contributed by atoms with Crippen LogP contribution in [-0.4, -0.2) is 33.2 Å². The molecule has 0 aromatic heterocycles. The SMILES string of the molecule is CCc1cc(N(C)C)cc2sc3cc(=[N+](C)C)ccc-3nc12. The zero-order valence-electron chi connectivity index (χ0n) is 13.8. The van der Waals surface area contributed by atoms with E-state index in [0.717, 1.165) is 17.6 Å². The van der Waals surface area contributed by atoms with Gasteiger partial charge in [0.1, 0.15) is 14.1 Å². The standard InChI is InChI=1S/C18H22N3S/c1-6-12-9-14(21(4)5)11-17-18(12)19-15-8-7-13(20(2)3)10-16(15)22-17/h7-11H,6H2,1-5H3/q+1. The molecule has 2 aliphatic rings. The quantitative estimate of drug-likeness (QED) is 0.535. The molecule has 0 fully saturated rings. The van der Waals surface area contributed by atoms with Gasteiger partial charge in [0, 0.05) is 31.9 Å². The Kier molecular flexibility index (Phi) is 3.87. The third kappa shape index (κ3) is 2.59. The van der Waals surface area contributed by atoms with Gasteiger partial charge in [0.2, 0.25) is 5.36 Å². The second-order valence-electron chi connectivity index (χ2n) is 5.96. The maximum absolute atomic E-state index is 4.92. The maximum atomic E-state index is 4.92. The predicted octanol–water partition coefficient (Wildman–Crippen LogP) is 3.06. The van der Waals surface area contributed by atoms with Gasteiger partial charge >= 0.3 is 0 Å². The molecular formula is C18H22N3S+. The Morgan fingerprint density at radius 2 is 1.91 bits per heavy atom. The maximum Gasteiger partial charge on any atom is 0.201 e. The van der Waals surface area contributed by atoms with Crippen LogP contribution in [0.1, 0.15) is 12.5 Å². The molecular weight excluding hydrogens is 290 g/mol. The molecule has 0 N–H and O–H groups in total. The Balaban J connectivity index is 2.37. The Morgan fingerprint density at radius 3 is 2.55 bits per heavy atom. The average Bonchev–Trinajstić information content (AvgIpc) is 2.50. The van der Waals surface area contributed by atoms with E-state index in [0.29, 0.717) is 0 Å². The zero-order valence-corrected chi connectivity index (χ0v) is 14.7. The van der Waals surface area contributed by atoms with Gasteiger partial charge in [0.05, 0.1) is 20.8 Å². The van der Waals surface area contributed by atoms with Gasteiger partial charge in [-0.15, -0.1) is 11.3 Å². The fourth-order valence-corrected chi connectivity index (χ4v) is 3.66. The van der Waals surface area contributed by atoms with Gasteiger partial charge in [-0.25, -0.2) is 9.56 Å². The number of rotatable bonds is 2. The van der Waals surface area contributed by atoms with Crippen molar-refractivity contribution in [1.82, 2.24) is 9.56 Å². The van der Waals surface area contributed by atoms with Gasteiger partial charge in [-0.3, -0.25) is 0 Å². The largest absolute Gasteiger partial charge is 0.378 e. The average molecular weight is 312 g/mol. The first-order chi connectivity index (χ1) is 10.5. The van der Waals surface area contributed by atoms with E-state index >= 15 is 0 Å². The summed E-state index contributed by atoms with van der Waals surface area (Å²) in [6.45, 7) is 2.19. The number of anilines is 1. The Hall–Kier alpha value is -1.94. The van der Waals surface area contributed by atoms with E-state index < -0.39 is 0 Å². The van der Waals surface area contributed by atoms with Crippen LogP contribution in [0.2, 0.25) is 0 Å². The van der Waals surface area contributed by atoms with Gasteiger partial charge < -0.3 is 4.90 Å². The highest BCUT2D eigenvalue weighted by molar-refractivity contribution is 7.21. The molecule has 0 saturated heterocycles. The van der Waals surface area contributed by atoms with Crippen LogP contribution in [0.3, 0.4) is 0 Å². The van der Waals surface area contributed by atoms with Crippen molar-refractivity contribution in [3.63, 3.8) is 0 Å². The van der Waals surface area contributed by atoms with Gasteiger partial charge in [0.15, 0.2) is 0 Å². The van der Waals surface area contributed by atoms with Crippen molar-refractivity contribution in [2.75, 3.05) is 33.1 Å². The first-order valence-electron chi connectivity index (χ1n) is 7.54. The predicted molar refractivity (Wildman–Crippen MR) is 97.1 cm³/mol. The first-order valence-corrected chi connectivity index (χ1v) is 8.36. The molecule has 3 rings (SSSR count). The Labute approximate surface area is 135 Å². The molecule has 4 heteroatoms. The second kappa shape index (κ2) is 5.69. The number of hydrogen-bond donors (Lipinski definition) is 0. The number of fused-ring (bicyclic) bond motifs is 2. The first kappa shape index (κ1) is 15.0. The van der Waals surface area contributed by atoms with E-state index in [-0.39, 0.29) is 0 Å². The van der Waals surface area contributed by atoms with E-state index in [1.165, 1.54) is 26.2 Å². The molecule has 0 unspecified atom stereocenters. The van der Waals surface area contributed by atoms with Gasteiger partial charge in [-0.1, -0.05) is 6.92 Å². The Morgan fingerprint density at radius 1 is 1.14 bits per heavy atom. The highest BCUT2D eigenvalue weighted by Crippen LogP contribution is 2.33. The van der Waals surface area contributed by atoms with E-state index in [9.17, 15) is 0 Å². The molecule has 0 spiro atoms. The third-order valence-electron chi connectivity index (χ3n) is 3.95. The van der Waals surface area contributed by atoms with Crippen LogP contribution in [0.25, 0.3) is 20.8 Å². The molecule has 1 aliphatic heterocycles. The lowest BCUT2D eigenvalue weighted by Crippen LogP contribution is -2.21. The van der Waals surface area contributed by atoms with Crippen molar-refractivity contribution in [2.24, 2.45) is 0 Å². The van der Waals surface area contributed by atoms with Crippen LogP contribution in [-0.2, 0) is 6.42 Å². The molecule has 1 aromatic rings. The molecule has 22 heavy (non-hydrogen) atoms. The van der Waals surface area contributed by atoms with Gasteiger partial charge in [-0.2, -0.15) is 0 Å². The summed E-state index contributed by atoms with van der Waals surface area (Å²) in [5.74, 6) is 0. The summed E-state index contributed by atoms with van der Waals surface area (Å²) in [7, 11) is 8.31. The topological polar surface area (TPSA) is 19.1 Å². The van der Waals surface area contributed by atoms with Crippen LogP contribution in [0, 0.1) is 0 Å². The van der Waals surface area contributed by atoms with Crippen molar-refractivity contribution in [3.8, 4) is 10.6 Å². The lowest BCUT2D eigenvalue weighted by Gasteiger charge is -2.16. The lowest BCUT2D eigenvalue weighted by atomic mass is 10.1. The molecule has 1 heterocycles. The van der Waals surface area contributed by atoms with E-state index in [1.807, 2.05) is 11.3 Å². The molecule has 1 aliphatic carbocycles. The summed E-state index contributed by atoms with van der Waals surface area (Å²) in [5, 5.41) is 1.21. The Bertz CT molecular complexity index is 873. The van der Waals surface area contributed by atoms with Gasteiger partial charge in [0.25, 0.3) is 0 Å². The third-order valence-corrected chi connectivity index (χ3v) is 5.03. The van der Waals surface area contributed by atoms with Crippen LogP contribution in [0.4, 0.5) is 5.69 Å². The number of aryl methyl sites for hydroxylation is 1. The minimum atomic E-state index is 0.999. The molecule has 114 valence electrons. The van der Waals surface area contributed by atoms with Crippen LogP contribution < -0.4 is 14.8 Å². The van der Waals surface area contributed by atoms with Crippen LogP contribution >= 0.6 is 11.3 Å². The molecule has 3 nitrogen and oxygen atoms in total. The molecule has 0 bridgehead atoms. The fraction of sp³-hybridized carbons (Fsp3) is 0.333. The normalized spacial score (nSPS) is 11.1. The summed E-state index contributed by atoms with van der Waals surface area (Å²) in [6, 6.07) is 11.0. The molecule has 0 saturated carbocycles. The summed E-state index contributed by atoms with van der Waals surface area (Å²) in [4.78, 5) is 8.31. The van der Waals surface area contributed by atoms with Crippen molar-refractivity contribution in [3.05, 3.63) is 41.3 Å². The minimum Gasteiger partial charge on any atom is -0.378 e. The molecule has 0 amide bonds. The summed E-state index contributed by atoms with van der Waals surface area (Å²) in [6.07, 6.45) is 0.999. The number of hydrogen-bond acceptors (Lipinski definition) is 3. The fourth-order valence-electron chi connectivity index (χ4n) is 2.58. The van der Waals surface area contributed by atoms with E-state index in [4.69, 9.17) is 4.98 Å². The monoisotopic (exact) mass is 312 g/mol. The lowest BCUT2D eigenvalue weighted by molar-refractivity contribution is 0.814. The van der Waals surface area contributed by atoms with Crippen molar-refractivity contribution in [2.45, 2.75) is 13.3 Å². The van der Waals surface area contributed by atoms with E-state index in [1.54, 1.807) is 0 Å². The summed E-state index contributed by atoms with van der Waals surface area (Å²) in [5.41, 5.74) is 4.78. The smallest absolute Gasteiger partial charge is 0.201 e. The highest BCUT2D eigenvalue weighted by Gasteiger charge is 2.12. The summed E-state index contributed by atoms with van der Waals surface area (Å²) < 4.78 is 3.39. The summed E-state index contributed by atoms with van der Waals surface area (Å²) >= 11 is 1.83. The molecule has 0 radical (unpaired) electrons. The van der Waals surface area contributed by atoms with Crippen molar-refractivity contribution < 1.29 is 0 Å². The highest BCUT2D eigenvalue weighted by atomic mass is 32.1. The molecule has 1 aromatic carbocycles.